The van der Waals surface area contributed by atoms with Crippen LogP contribution in [0.1, 0.15) is 19.8 Å². The molecule has 1 aliphatic heterocycles. The van der Waals surface area contributed by atoms with Gasteiger partial charge in [-0.15, -0.1) is 0 Å². The van der Waals surface area contributed by atoms with Crippen LogP contribution in [-0.2, 0) is 14.4 Å². The molecule has 0 bridgehead atoms. The third kappa shape index (κ3) is 4.36. The maximum Gasteiger partial charge on any atom is 0.371 e. The highest BCUT2D eigenvalue weighted by atomic mass is 16.6. The number of nitrogens with zero attached hydrogens (tertiary/aromatic N) is 4. The summed E-state index contributed by atoms with van der Waals surface area (Å²) in [5.41, 5.74) is 5.11. The third-order valence-corrected chi connectivity index (χ3v) is 3.05. The Hall–Kier alpha value is -2.27. The van der Waals surface area contributed by atoms with E-state index in [-0.39, 0.29) is 12.8 Å². The fourth-order valence-corrected chi connectivity index (χ4v) is 2.12. The summed E-state index contributed by atoms with van der Waals surface area (Å²) < 4.78 is 4.70. The Balaban J connectivity index is 2.79. The van der Waals surface area contributed by atoms with Crippen molar-refractivity contribution >= 4 is 11.7 Å². The van der Waals surface area contributed by atoms with E-state index in [2.05, 4.69) is 5.16 Å². The Morgan fingerprint density at radius 1 is 1.62 bits per heavy atom. The molecule has 8 nitrogen and oxygen atoms in total. The number of nitrogens with two attached hydrogens (primary N) is 1. The summed E-state index contributed by atoms with van der Waals surface area (Å²) in [6.07, 6.45) is 3.38. The Labute approximate surface area is 124 Å². The van der Waals surface area contributed by atoms with Gasteiger partial charge < -0.3 is 20.2 Å². The van der Waals surface area contributed by atoms with E-state index < -0.39 is 11.7 Å². The molecule has 0 aliphatic carbocycles. The SMILES string of the molecule is CCOC(=O)C(C#N)=NOC(=CN)N1CCCC1N(C)C. The van der Waals surface area contributed by atoms with E-state index in [1.165, 1.54) is 6.20 Å². The highest BCUT2D eigenvalue weighted by Crippen LogP contribution is 2.23. The van der Waals surface area contributed by atoms with Gasteiger partial charge in [-0.3, -0.25) is 4.90 Å². The lowest BCUT2D eigenvalue weighted by Crippen LogP contribution is -2.40. The maximum absolute atomic E-state index is 11.4. The van der Waals surface area contributed by atoms with Crippen molar-refractivity contribution in [1.29, 1.82) is 5.26 Å². The highest BCUT2D eigenvalue weighted by molar-refractivity contribution is 6.42. The monoisotopic (exact) mass is 295 g/mol. The molecule has 2 N–H and O–H groups in total. The number of carbonyl (C=O) groups excluding carboxylic acids is 1. The van der Waals surface area contributed by atoms with Crippen LogP contribution in [0.25, 0.3) is 0 Å². The number of carbonyl (C=O) groups is 1. The number of esters is 1. The van der Waals surface area contributed by atoms with Gasteiger partial charge in [0, 0.05) is 6.54 Å². The molecule has 0 aromatic rings. The van der Waals surface area contributed by atoms with Crippen LogP contribution in [0.5, 0.6) is 0 Å². The predicted molar refractivity (Wildman–Crippen MR) is 76.5 cm³/mol. The molecule has 1 rings (SSSR count). The number of ether oxygens (including phenoxy) is 1. The second-order valence-corrected chi connectivity index (χ2v) is 4.65. The molecule has 1 atom stereocenters. The minimum atomic E-state index is -0.818. The van der Waals surface area contributed by atoms with Gasteiger partial charge in [-0.25, -0.2) is 4.79 Å². The van der Waals surface area contributed by atoms with Gasteiger partial charge in [0.25, 0.3) is 5.71 Å². The van der Waals surface area contributed by atoms with Crippen molar-refractivity contribution in [3.8, 4) is 6.07 Å². The molecule has 21 heavy (non-hydrogen) atoms. The first-order chi connectivity index (χ1) is 10.0. The van der Waals surface area contributed by atoms with Crippen LogP contribution < -0.4 is 5.73 Å². The van der Waals surface area contributed by atoms with Crippen LogP contribution in [0.4, 0.5) is 0 Å². The van der Waals surface area contributed by atoms with Gasteiger partial charge in [-0.1, -0.05) is 5.16 Å². The summed E-state index contributed by atoms with van der Waals surface area (Å²) in [6, 6.07) is 1.64. The average molecular weight is 295 g/mol. The molecule has 1 unspecified atom stereocenters. The van der Waals surface area contributed by atoms with Gasteiger partial charge in [0.1, 0.15) is 6.07 Å². The van der Waals surface area contributed by atoms with Crippen molar-refractivity contribution in [3.63, 3.8) is 0 Å². The lowest BCUT2D eigenvalue weighted by molar-refractivity contribution is -0.135. The number of rotatable bonds is 6. The molecule has 8 heteroatoms. The van der Waals surface area contributed by atoms with Crippen molar-refractivity contribution in [1.82, 2.24) is 9.80 Å². The van der Waals surface area contributed by atoms with Gasteiger partial charge >= 0.3 is 5.97 Å². The van der Waals surface area contributed by atoms with Crippen LogP contribution in [-0.4, -0.2) is 54.9 Å². The molecule has 0 radical (unpaired) electrons. The molecule has 1 saturated heterocycles. The first-order valence-electron chi connectivity index (χ1n) is 6.72. The standard InChI is InChI=1S/C13H21N5O3/c1-4-20-13(19)10(8-14)16-21-12(9-15)18-7-5-6-11(18)17(2)3/h9,11H,4-7,15H2,1-3H3. The third-order valence-electron chi connectivity index (χ3n) is 3.05. The molecular formula is C13H21N5O3. The summed E-state index contributed by atoms with van der Waals surface area (Å²) in [4.78, 5) is 20.6. The molecule has 116 valence electrons. The first kappa shape index (κ1) is 16.8. The quantitative estimate of drug-likeness (QED) is 0.323. The predicted octanol–water partition coefficient (Wildman–Crippen LogP) is 0.187. The van der Waals surface area contributed by atoms with E-state index in [1.54, 1.807) is 13.0 Å². The molecular weight excluding hydrogens is 274 g/mol. The van der Waals surface area contributed by atoms with E-state index in [4.69, 9.17) is 20.6 Å². The van der Waals surface area contributed by atoms with E-state index in [1.807, 2.05) is 23.9 Å². The summed E-state index contributed by atoms with van der Waals surface area (Å²) >= 11 is 0. The van der Waals surface area contributed by atoms with Crippen molar-refractivity contribution in [3.05, 3.63) is 12.1 Å². The zero-order chi connectivity index (χ0) is 15.8. The van der Waals surface area contributed by atoms with Crippen LogP contribution >= 0.6 is 0 Å². The Kier molecular flexibility index (Phi) is 6.49. The molecule has 0 saturated carbocycles. The number of likely N-dealkylation sites (tertiary alicyclic amines) is 1. The number of nitriles is 1. The average Bonchev–Trinajstić information content (AvgIpc) is 2.93. The fourth-order valence-electron chi connectivity index (χ4n) is 2.12. The van der Waals surface area contributed by atoms with E-state index in [9.17, 15) is 4.79 Å². The molecule has 1 heterocycles. The normalized spacial score (nSPS) is 19.6. The highest BCUT2D eigenvalue weighted by Gasteiger charge is 2.29. The Bertz CT molecular complexity index is 467. The van der Waals surface area contributed by atoms with Crippen LogP contribution in [0.3, 0.4) is 0 Å². The van der Waals surface area contributed by atoms with Crippen molar-refractivity contribution < 1.29 is 14.4 Å². The smallest absolute Gasteiger partial charge is 0.371 e. The van der Waals surface area contributed by atoms with Gasteiger partial charge in [-0.05, 0) is 33.9 Å². The first-order valence-corrected chi connectivity index (χ1v) is 6.72. The topological polar surface area (TPSA) is 104 Å². The van der Waals surface area contributed by atoms with Crippen molar-refractivity contribution in [2.45, 2.75) is 25.9 Å². The van der Waals surface area contributed by atoms with E-state index in [0.717, 1.165) is 19.4 Å². The largest absolute Gasteiger partial charge is 0.461 e. The molecule has 0 amide bonds. The Morgan fingerprint density at radius 2 is 2.33 bits per heavy atom. The van der Waals surface area contributed by atoms with Gasteiger partial charge in [0.15, 0.2) is 0 Å². The second-order valence-electron chi connectivity index (χ2n) is 4.65. The van der Waals surface area contributed by atoms with Crippen molar-refractivity contribution in [2.24, 2.45) is 10.9 Å². The zero-order valence-corrected chi connectivity index (χ0v) is 12.6. The van der Waals surface area contributed by atoms with Crippen LogP contribution in [0.2, 0.25) is 0 Å². The van der Waals surface area contributed by atoms with E-state index >= 15 is 0 Å². The number of oxime groups is 1. The lowest BCUT2D eigenvalue weighted by Gasteiger charge is -2.31. The lowest BCUT2D eigenvalue weighted by atomic mass is 10.3. The summed E-state index contributed by atoms with van der Waals surface area (Å²) in [6.45, 7) is 2.57. The minimum Gasteiger partial charge on any atom is -0.461 e. The minimum absolute atomic E-state index is 0.142. The molecule has 1 fully saturated rings. The summed E-state index contributed by atoms with van der Waals surface area (Å²) in [5, 5.41) is 12.4. The number of hydrogen-bond donors (Lipinski definition) is 1. The van der Waals surface area contributed by atoms with Crippen LogP contribution in [0, 0.1) is 11.3 Å². The summed E-state index contributed by atoms with van der Waals surface area (Å²) in [7, 11) is 3.92. The molecule has 0 aromatic heterocycles. The van der Waals surface area contributed by atoms with Crippen LogP contribution in [0.15, 0.2) is 17.2 Å². The summed E-state index contributed by atoms with van der Waals surface area (Å²) in [5.74, 6) is -0.509. The van der Waals surface area contributed by atoms with Gasteiger partial charge in [0.05, 0.1) is 19.0 Å². The number of hydrogen-bond acceptors (Lipinski definition) is 8. The molecule has 0 aromatic carbocycles. The molecule has 1 aliphatic rings. The van der Waals surface area contributed by atoms with Gasteiger partial charge in [-0.2, -0.15) is 5.26 Å². The Morgan fingerprint density at radius 3 is 2.86 bits per heavy atom. The zero-order valence-electron chi connectivity index (χ0n) is 12.6. The molecule has 0 spiro atoms. The fraction of sp³-hybridized carbons (Fsp3) is 0.615. The van der Waals surface area contributed by atoms with Gasteiger partial charge in [0.2, 0.25) is 5.88 Å². The van der Waals surface area contributed by atoms with E-state index in [0.29, 0.717) is 5.88 Å². The van der Waals surface area contributed by atoms with Crippen molar-refractivity contribution in [2.75, 3.05) is 27.2 Å². The second kappa shape index (κ2) is 8.11. The maximum atomic E-state index is 11.4.